The highest BCUT2D eigenvalue weighted by Crippen LogP contribution is 2.26. The summed E-state index contributed by atoms with van der Waals surface area (Å²) < 4.78 is 0. The van der Waals surface area contributed by atoms with Crippen molar-refractivity contribution in [2.75, 3.05) is 11.9 Å². The Hall–Kier alpha value is -4.00. The molecular formula is C24H29N5O2. The number of pyridine rings is 2. The van der Waals surface area contributed by atoms with E-state index < -0.39 is 0 Å². The number of hydrogen-bond acceptors (Lipinski definition) is 4. The van der Waals surface area contributed by atoms with E-state index in [0.717, 1.165) is 29.4 Å². The van der Waals surface area contributed by atoms with Crippen molar-refractivity contribution in [1.29, 1.82) is 0 Å². The van der Waals surface area contributed by atoms with Crippen molar-refractivity contribution in [3.8, 4) is 11.1 Å². The van der Waals surface area contributed by atoms with E-state index in [2.05, 4.69) is 32.5 Å². The van der Waals surface area contributed by atoms with Crippen LogP contribution < -0.4 is 10.6 Å². The number of benzene rings is 1. The minimum atomic E-state index is -0.282. The number of aromatic nitrogens is 3. The van der Waals surface area contributed by atoms with E-state index in [0.29, 0.717) is 29.0 Å². The Morgan fingerprint density at radius 3 is 2.81 bits per heavy atom. The fourth-order valence-electron chi connectivity index (χ4n) is 3.33. The zero-order chi connectivity index (χ0) is 21.6. The average Bonchev–Trinajstić information content (AvgIpc) is 3.23. The molecule has 4 aromatic rings. The Morgan fingerprint density at radius 2 is 2.00 bits per heavy atom. The number of rotatable bonds is 7. The molecule has 0 saturated carbocycles. The van der Waals surface area contributed by atoms with Crippen LogP contribution in [0.2, 0.25) is 0 Å². The Kier molecular flexibility index (Phi) is 6.03. The van der Waals surface area contributed by atoms with Crippen molar-refractivity contribution in [1.82, 2.24) is 20.3 Å². The largest absolute Gasteiger partial charge is 0.345 e. The first kappa shape index (κ1) is 20.3. The van der Waals surface area contributed by atoms with Gasteiger partial charge in [-0.1, -0.05) is 31.5 Å². The molecule has 0 fully saturated rings. The smallest absolute Gasteiger partial charge is 0.319 e. The lowest BCUT2D eigenvalue weighted by atomic mass is 10.0. The lowest BCUT2D eigenvalue weighted by Crippen LogP contribution is -2.29. The molecule has 1 aromatic carbocycles. The number of ketones is 1. The number of unbranched alkanes of at least 4 members (excludes halogenated alkanes) is 1. The van der Waals surface area contributed by atoms with Crippen molar-refractivity contribution in [3.63, 3.8) is 0 Å². The van der Waals surface area contributed by atoms with Gasteiger partial charge in [-0.15, -0.1) is 0 Å². The molecule has 0 aliphatic carbocycles. The molecule has 2 amide bonds. The molecule has 7 nitrogen and oxygen atoms in total. The van der Waals surface area contributed by atoms with Gasteiger partial charge in [-0.3, -0.25) is 9.78 Å². The first-order chi connectivity index (χ1) is 15.2. The van der Waals surface area contributed by atoms with Crippen LogP contribution in [0.1, 0.15) is 40.0 Å². The Bertz CT molecular complexity index is 1230. The monoisotopic (exact) mass is 419 g/mol. The van der Waals surface area contributed by atoms with Crippen molar-refractivity contribution >= 4 is 28.5 Å². The summed E-state index contributed by atoms with van der Waals surface area (Å²) in [5.74, 6) is -0.147. The first-order valence-corrected chi connectivity index (χ1v) is 10.2. The lowest BCUT2D eigenvalue weighted by molar-refractivity contribution is 0.104. The second-order valence-electron chi connectivity index (χ2n) is 7.21. The number of carbonyl (C=O) groups is 2. The molecule has 3 aromatic heterocycles. The molecule has 0 aliphatic rings. The van der Waals surface area contributed by atoms with Gasteiger partial charge in [0.25, 0.3) is 0 Å². The number of urea groups is 1. The van der Waals surface area contributed by atoms with Gasteiger partial charge in [0, 0.05) is 68.9 Å². The van der Waals surface area contributed by atoms with Gasteiger partial charge in [-0.25, -0.2) is 9.78 Å². The number of carbonyl (C=O) groups excluding carboxylic acids is 2. The van der Waals surface area contributed by atoms with Crippen molar-refractivity contribution in [2.24, 2.45) is 0 Å². The van der Waals surface area contributed by atoms with Crippen molar-refractivity contribution in [3.05, 3.63) is 78.4 Å². The third-order valence-corrected chi connectivity index (χ3v) is 4.97. The molecular weight excluding hydrogens is 390 g/mol. The quantitative estimate of drug-likeness (QED) is 0.271. The maximum atomic E-state index is 13.2. The molecule has 3 heterocycles. The third-order valence-electron chi connectivity index (χ3n) is 4.97. The van der Waals surface area contributed by atoms with Crippen LogP contribution in [0, 0.1) is 0 Å². The Balaban J connectivity index is 0.00000193. The molecule has 3 N–H and O–H groups in total. The molecule has 7 heteroatoms. The van der Waals surface area contributed by atoms with Crippen molar-refractivity contribution in [2.45, 2.75) is 19.8 Å². The molecule has 0 aliphatic heterocycles. The average molecular weight is 420 g/mol. The number of nitrogens with one attached hydrogen (secondary N) is 3. The summed E-state index contributed by atoms with van der Waals surface area (Å²) in [6, 6.07) is 12.4. The predicted molar refractivity (Wildman–Crippen MR) is 127 cm³/mol. The van der Waals surface area contributed by atoms with E-state index in [1.807, 2.05) is 18.2 Å². The van der Waals surface area contributed by atoms with Crippen LogP contribution in [0.15, 0.2) is 67.3 Å². The second-order valence-corrected chi connectivity index (χ2v) is 7.21. The standard InChI is InChI=1S/C24H23N5O2.3H2/c1-2-3-10-26-24(31)29-19-8-4-6-16(11-19)22(30)21-15-28-23-20(21)12-18(14-27-23)17-7-5-9-25-13-17;;;/h4-9,11-15H,2-3,10H2,1H3,(H,27,28)(H2,26,29,31);3*1H. The molecule has 0 saturated heterocycles. The summed E-state index contributed by atoms with van der Waals surface area (Å²) in [5, 5.41) is 6.32. The fourth-order valence-corrected chi connectivity index (χ4v) is 3.33. The highest BCUT2D eigenvalue weighted by molar-refractivity contribution is 6.16. The summed E-state index contributed by atoms with van der Waals surface area (Å²) in [5.41, 5.74) is 4.02. The normalized spacial score (nSPS) is 10.7. The van der Waals surface area contributed by atoms with Crippen LogP contribution in [0.4, 0.5) is 10.5 Å². The molecule has 0 unspecified atom stereocenters. The van der Waals surface area contributed by atoms with Gasteiger partial charge in [0.1, 0.15) is 5.65 Å². The number of H-pyrrole nitrogens is 1. The predicted octanol–water partition coefficient (Wildman–Crippen LogP) is 5.52. The van der Waals surface area contributed by atoms with Gasteiger partial charge < -0.3 is 15.6 Å². The van der Waals surface area contributed by atoms with Gasteiger partial charge in [-0.2, -0.15) is 0 Å². The zero-order valence-corrected chi connectivity index (χ0v) is 17.2. The summed E-state index contributed by atoms with van der Waals surface area (Å²) in [6.07, 6.45) is 8.83. The molecule has 0 bridgehead atoms. The second kappa shape index (κ2) is 9.21. The Morgan fingerprint density at radius 1 is 1.10 bits per heavy atom. The number of hydrogen-bond donors (Lipinski definition) is 3. The van der Waals surface area contributed by atoms with Crippen molar-refractivity contribution < 1.29 is 13.9 Å². The van der Waals surface area contributed by atoms with Crippen LogP contribution in [-0.2, 0) is 0 Å². The fraction of sp³-hybridized carbons (Fsp3) is 0.167. The summed E-state index contributed by atoms with van der Waals surface area (Å²) in [4.78, 5) is 36.9. The van der Waals surface area contributed by atoms with Crippen LogP contribution in [0.3, 0.4) is 0 Å². The zero-order valence-electron chi connectivity index (χ0n) is 17.2. The summed E-state index contributed by atoms with van der Waals surface area (Å²) >= 11 is 0. The van der Waals surface area contributed by atoms with Crippen LogP contribution in [-0.4, -0.2) is 33.3 Å². The minimum Gasteiger partial charge on any atom is -0.345 e. The molecule has 0 spiro atoms. The molecule has 4 rings (SSSR count). The van der Waals surface area contributed by atoms with Gasteiger partial charge in [0.15, 0.2) is 5.78 Å². The number of amides is 2. The molecule has 0 atom stereocenters. The SMILES string of the molecule is CCCCNC(=O)Nc1cccc(C(=O)c2c[nH]c3ncc(-c4cccnc4)cc23)c1.[HH].[HH].[HH]. The number of fused-ring (bicyclic) bond motifs is 1. The summed E-state index contributed by atoms with van der Waals surface area (Å²) in [7, 11) is 0. The first-order valence-electron chi connectivity index (χ1n) is 10.2. The lowest BCUT2D eigenvalue weighted by Gasteiger charge is -2.08. The van der Waals surface area contributed by atoms with Gasteiger partial charge >= 0.3 is 6.03 Å². The molecule has 162 valence electrons. The molecule has 0 radical (unpaired) electrons. The minimum absolute atomic E-state index is 0. The van der Waals surface area contributed by atoms with E-state index in [9.17, 15) is 9.59 Å². The van der Waals surface area contributed by atoms with E-state index >= 15 is 0 Å². The van der Waals surface area contributed by atoms with Crippen LogP contribution >= 0.6 is 0 Å². The van der Waals surface area contributed by atoms with Crippen LogP contribution in [0.5, 0.6) is 0 Å². The number of nitrogens with zero attached hydrogens (tertiary/aromatic N) is 2. The van der Waals surface area contributed by atoms with E-state index in [-0.39, 0.29) is 16.1 Å². The van der Waals surface area contributed by atoms with E-state index in [4.69, 9.17) is 0 Å². The van der Waals surface area contributed by atoms with Gasteiger partial charge in [-0.05, 0) is 30.7 Å². The van der Waals surface area contributed by atoms with Crippen LogP contribution in [0.25, 0.3) is 22.2 Å². The molecule has 31 heavy (non-hydrogen) atoms. The maximum absolute atomic E-state index is 13.2. The topological polar surface area (TPSA) is 99.8 Å². The third kappa shape index (κ3) is 4.61. The maximum Gasteiger partial charge on any atom is 0.319 e. The number of anilines is 1. The van der Waals surface area contributed by atoms with E-state index in [1.165, 1.54) is 0 Å². The Labute approximate surface area is 184 Å². The number of aromatic amines is 1. The summed E-state index contributed by atoms with van der Waals surface area (Å²) in [6.45, 7) is 2.68. The highest BCUT2D eigenvalue weighted by atomic mass is 16.2. The van der Waals surface area contributed by atoms with Gasteiger partial charge in [0.05, 0.1) is 0 Å². The van der Waals surface area contributed by atoms with E-state index in [1.54, 1.807) is 49.1 Å². The van der Waals surface area contributed by atoms with Gasteiger partial charge in [0.2, 0.25) is 0 Å². The highest BCUT2D eigenvalue weighted by Gasteiger charge is 2.16.